The molecule has 1 saturated carbocycles. The van der Waals surface area contributed by atoms with Gasteiger partial charge in [-0.1, -0.05) is 39.3 Å². The summed E-state index contributed by atoms with van der Waals surface area (Å²) in [5.74, 6) is 0.619. The van der Waals surface area contributed by atoms with E-state index in [0.29, 0.717) is 48.8 Å². The van der Waals surface area contributed by atoms with Crippen LogP contribution in [0.4, 0.5) is 5.69 Å². The van der Waals surface area contributed by atoms with E-state index in [1.54, 1.807) is 25.1 Å². The molecule has 3 aliphatic rings. The van der Waals surface area contributed by atoms with E-state index in [9.17, 15) is 18.5 Å². The van der Waals surface area contributed by atoms with E-state index in [0.717, 1.165) is 16.8 Å². The van der Waals surface area contributed by atoms with Crippen LogP contribution in [0, 0.1) is 22.2 Å². The summed E-state index contributed by atoms with van der Waals surface area (Å²) in [6.07, 6.45) is 0.822. The first-order valence-corrected chi connectivity index (χ1v) is 15.7. The Hall–Kier alpha value is -2.80. The molecule has 2 fully saturated rings. The Labute approximate surface area is 241 Å². The maximum absolute atomic E-state index is 13.6. The van der Waals surface area contributed by atoms with Crippen molar-refractivity contribution in [1.82, 2.24) is 4.90 Å². The van der Waals surface area contributed by atoms with Gasteiger partial charge in [-0.25, -0.2) is 0 Å². The molecule has 1 amide bonds. The number of fused-ring (bicyclic) bond motifs is 1. The Morgan fingerprint density at radius 3 is 2.35 bits per heavy atom. The lowest BCUT2D eigenvalue weighted by molar-refractivity contribution is -0.199. The SMILES string of the molecule is CCS(=O)(=O)OC1CCN(c2ccc3c(c2)CN(C2C(C)(C)C(Oc4ccc(C#N)c(Cl)c4)C2(C)C)C3=O)CC1. The highest BCUT2D eigenvalue weighted by Gasteiger charge is 2.67. The fourth-order valence-electron chi connectivity index (χ4n) is 7.23. The van der Waals surface area contributed by atoms with Crippen molar-refractivity contribution in [2.75, 3.05) is 23.7 Å². The monoisotopic (exact) mass is 585 g/mol. The first-order chi connectivity index (χ1) is 18.8. The number of ether oxygens (including phenoxy) is 1. The predicted molar refractivity (Wildman–Crippen MR) is 154 cm³/mol. The highest BCUT2D eigenvalue weighted by atomic mass is 35.5. The van der Waals surface area contributed by atoms with Gasteiger partial charge in [0.15, 0.2) is 0 Å². The topological polar surface area (TPSA) is 99.9 Å². The van der Waals surface area contributed by atoms with Crippen LogP contribution in [0.25, 0.3) is 0 Å². The minimum absolute atomic E-state index is 0.0200. The molecule has 0 atom stereocenters. The second-order valence-electron chi connectivity index (χ2n) is 12.2. The normalized spacial score (nSPS) is 23.9. The molecule has 0 spiro atoms. The van der Waals surface area contributed by atoms with Gasteiger partial charge in [-0.2, -0.15) is 13.7 Å². The fourth-order valence-corrected chi connectivity index (χ4v) is 8.19. The highest BCUT2D eigenvalue weighted by Crippen LogP contribution is 2.59. The molecule has 2 heterocycles. The van der Waals surface area contributed by atoms with Crippen molar-refractivity contribution in [1.29, 1.82) is 5.26 Å². The largest absolute Gasteiger partial charge is 0.489 e. The average Bonchev–Trinajstić information content (AvgIpc) is 3.21. The number of anilines is 1. The summed E-state index contributed by atoms with van der Waals surface area (Å²) in [4.78, 5) is 17.8. The smallest absolute Gasteiger partial charge is 0.267 e. The van der Waals surface area contributed by atoms with Crippen molar-refractivity contribution in [3.63, 3.8) is 0 Å². The van der Waals surface area contributed by atoms with Crippen molar-refractivity contribution in [3.05, 3.63) is 58.1 Å². The zero-order valence-electron chi connectivity index (χ0n) is 23.6. The van der Waals surface area contributed by atoms with Gasteiger partial charge < -0.3 is 14.5 Å². The molecule has 2 aromatic rings. The van der Waals surface area contributed by atoms with Crippen molar-refractivity contribution >= 4 is 33.3 Å². The fraction of sp³-hybridized carbons (Fsp3) is 0.533. The summed E-state index contributed by atoms with van der Waals surface area (Å²) in [6.45, 7) is 12.0. The summed E-state index contributed by atoms with van der Waals surface area (Å²) in [5.41, 5.74) is 2.52. The first kappa shape index (κ1) is 28.7. The molecule has 8 nitrogen and oxygen atoms in total. The number of benzene rings is 2. The van der Waals surface area contributed by atoms with Crippen LogP contribution in [0.3, 0.4) is 0 Å². The number of amides is 1. The van der Waals surface area contributed by atoms with Crippen molar-refractivity contribution in [2.24, 2.45) is 10.8 Å². The molecule has 0 N–H and O–H groups in total. The molecular weight excluding hydrogens is 550 g/mol. The van der Waals surface area contributed by atoms with Crippen LogP contribution in [0.5, 0.6) is 5.75 Å². The number of nitrogens with zero attached hydrogens (tertiary/aromatic N) is 3. The quantitative estimate of drug-likeness (QED) is 0.402. The van der Waals surface area contributed by atoms with Crippen LogP contribution in [0.1, 0.15) is 68.9 Å². The average molecular weight is 586 g/mol. The van der Waals surface area contributed by atoms with E-state index >= 15 is 0 Å². The Morgan fingerprint density at radius 1 is 1.07 bits per heavy atom. The molecule has 0 bridgehead atoms. The van der Waals surface area contributed by atoms with E-state index in [1.165, 1.54) is 0 Å². The second kappa shape index (κ2) is 10.2. The lowest BCUT2D eigenvalue weighted by atomic mass is 9.49. The van der Waals surface area contributed by atoms with Crippen molar-refractivity contribution < 1.29 is 22.1 Å². The third-order valence-electron chi connectivity index (χ3n) is 8.75. The maximum Gasteiger partial charge on any atom is 0.267 e. The van der Waals surface area contributed by atoms with Crippen molar-refractivity contribution in [2.45, 2.75) is 72.3 Å². The van der Waals surface area contributed by atoms with E-state index in [4.69, 9.17) is 20.5 Å². The third-order valence-corrected chi connectivity index (χ3v) is 10.3. The van der Waals surface area contributed by atoms with Crippen LogP contribution in [0.2, 0.25) is 5.02 Å². The van der Waals surface area contributed by atoms with E-state index in [2.05, 4.69) is 44.7 Å². The van der Waals surface area contributed by atoms with Crippen LogP contribution >= 0.6 is 11.6 Å². The van der Waals surface area contributed by atoms with E-state index in [1.807, 2.05) is 17.0 Å². The van der Waals surface area contributed by atoms with Crippen molar-refractivity contribution in [3.8, 4) is 11.8 Å². The predicted octanol–water partition coefficient (Wildman–Crippen LogP) is 5.38. The molecular formula is C30H36ClN3O5S. The van der Waals surface area contributed by atoms with Gasteiger partial charge in [-0.3, -0.25) is 8.98 Å². The number of rotatable bonds is 7. The molecule has 214 valence electrons. The second-order valence-corrected chi connectivity index (χ2v) is 14.5. The maximum atomic E-state index is 13.6. The number of carbonyl (C=O) groups excluding carboxylic acids is 1. The summed E-state index contributed by atoms with van der Waals surface area (Å²) < 4.78 is 35.4. The molecule has 2 aliphatic heterocycles. The van der Waals surface area contributed by atoms with Gasteiger partial charge in [0.1, 0.15) is 17.9 Å². The number of hydrogen-bond donors (Lipinski definition) is 0. The number of piperidine rings is 1. The minimum Gasteiger partial charge on any atom is -0.489 e. The Kier molecular flexibility index (Phi) is 7.35. The van der Waals surface area contributed by atoms with E-state index < -0.39 is 10.1 Å². The van der Waals surface area contributed by atoms with Crippen LogP contribution in [0.15, 0.2) is 36.4 Å². The summed E-state index contributed by atoms with van der Waals surface area (Å²) in [7, 11) is -3.46. The molecule has 5 rings (SSSR count). The van der Waals surface area contributed by atoms with Gasteiger partial charge in [-0.15, -0.1) is 0 Å². The zero-order chi connectivity index (χ0) is 29.0. The van der Waals surface area contributed by atoms with Crippen LogP contribution in [-0.2, 0) is 20.8 Å². The molecule has 40 heavy (non-hydrogen) atoms. The molecule has 0 unspecified atom stereocenters. The molecule has 0 aromatic heterocycles. The number of carbonyl (C=O) groups is 1. The first-order valence-electron chi connectivity index (χ1n) is 13.7. The van der Waals surface area contributed by atoms with Gasteiger partial charge in [0.2, 0.25) is 0 Å². The molecule has 1 aliphatic carbocycles. The van der Waals surface area contributed by atoms with Gasteiger partial charge in [-0.05, 0) is 55.7 Å². The zero-order valence-corrected chi connectivity index (χ0v) is 25.2. The molecule has 10 heteroatoms. The summed E-state index contributed by atoms with van der Waals surface area (Å²) >= 11 is 6.24. The molecule has 0 radical (unpaired) electrons. The summed E-state index contributed by atoms with van der Waals surface area (Å²) in [6, 6.07) is 13.1. The summed E-state index contributed by atoms with van der Waals surface area (Å²) in [5, 5.41) is 9.53. The van der Waals surface area contributed by atoms with Crippen LogP contribution < -0.4 is 9.64 Å². The molecule has 2 aromatic carbocycles. The van der Waals surface area contributed by atoms with Gasteiger partial charge in [0.05, 0.1) is 22.4 Å². The Balaban J connectivity index is 1.28. The Bertz CT molecular complexity index is 1460. The molecule has 1 saturated heterocycles. The third kappa shape index (κ3) is 4.95. The number of nitriles is 1. The lowest BCUT2D eigenvalue weighted by Crippen LogP contribution is -2.74. The standard InChI is InChI=1S/C30H36ClN3O5S/c1-6-40(36,37)39-22-11-13-33(14-12-22)21-8-10-24-20(15-21)18-34(26(24)35)27-29(2,3)28(30(27,4)5)38-23-9-7-19(17-32)25(31)16-23/h7-10,15-16,22,27-28H,6,11-14,18H2,1-5H3. The minimum atomic E-state index is -3.46. The number of hydrogen-bond acceptors (Lipinski definition) is 7. The van der Waals surface area contributed by atoms with Crippen LogP contribution in [-0.4, -0.2) is 56.3 Å². The van der Waals surface area contributed by atoms with E-state index in [-0.39, 0.29) is 40.7 Å². The van der Waals surface area contributed by atoms with Gasteiger partial charge >= 0.3 is 0 Å². The highest BCUT2D eigenvalue weighted by molar-refractivity contribution is 7.86. The van der Waals surface area contributed by atoms with Gasteiger partial charge in [0, 0.05) is 53.8 Å². The number of halogens is 1. The van der Waals surface area contributed by atoms with Gasteiger partial charge in [0.25, 0.3) is 16.0 Å². The lowest BCUT2D eigenvalue weighted by Gasteiger charge is -2.65. The Morgan fingerprint density at radius 2 is 1.75 bits per heavy atom.